The largest absolute Gasteiger partial charge is 0.365 e. The summed E-state index contributed by atoms with van der Waals surface area (Å²) in [5.41, 5.74) is -0.216. The normalized spacial score (nSPS) is 32.9. The van der Waals surface area contributed by atoms with Crippen LogP contribution in [0.1, 0.15) is 0 Å². The number of ether oxygens (including phenoxy) is 1. The van der Waals surface area contributed by atoms with Crippen LogP contribution in [-0.4, -0.2) is 28.9 Å². The number of nitro groups is 1. The summed E-state index contributed by atoms with van der Waals surface area (Å²) < 4.78 is 5.53. The van der Waals surface area contributed by atoms with Gasteiger partial charge in [0.1, 0.15) is 5.69 Å². The van der Waals surface area contributed by atoms with Crippen molar-refractivity contribution in [1.82, 2.24) is 0 Å². The van der Waals surface area contributed by atoms with Gasteiger partial charge in [-0.15, -0.1) is 0 Å². The second-order valence-corrected chi connectivity index (χ2v) is 5.26. The zero-order chi connectivity index (χ0) is 14.7. The fraction of sp³-hybridized carbons (Fsp3) is 0.286. The van der Waals surface area contributed by atoms with Crippen molar-refractivity contribution < 1.29 is 19.2 Å². The van der Waals surface area contributed by atoms with Gasteiger partial charge in [0.15, 0.2) is 0 Å². The maximum atomic E-state index is 12.5. The first-order valence-electron chi connectivity index (χ1n) is 6.54. The lowest BCUT2D eigenvalue weighted by atomic mass is 9.85. The highest BCUT2D eigenvalue weighted by Crippen LogP contribution is 2.47. The molecule has 3 heterocycles. The van der Waals surface area contributed by atoms with Gasteiger partial charge in [0.05, 0.1) is 29.0 Å². The number of nitrogens with zero attached hydrogens (tertiary/aromatic N) is 2. The molecule has 2 saturated heterocycles. The van der Waals surface area contributed by atoms with Crippen molar-refractivity contribution in [3.63, 3.8) is 0 Å². The predicted molar refractivity (Wildman–Crippen MR) is 70.4 cm³/mol. The number of anilines is 1. The Morgan fingerprint density at radius 1 is 1.05 bits per heavy atom. The number of fused-ring (bicyclic) bond motifs is 5. The summed E-state index contributed by atoms with van der Waals surface area (Å²) in [4.78, 5) is 36.5. The molecule has 4 atom stereocenters. The van der Waals surface area contributed by atoms with Crippen LogP contribution in [0.3, 0.4) is 0 Å². The molecular weight excluding hydrogens is 276 g/mol. The van der Waals surface area contributed by atoms with Crippen LogP contribution in [0.15, 0.2) is 36.4 Å². The predicted octanol–water partition coefficient (Wildman–Crippen LogP) is 1.04. The number of hydrogen-bond donors (Lipinski definition) is 0. The van der Waals surface area contributed by atoms with Gasteiger partial charge in [0.25, 0.3) is 5.69 Å². The molecule has 0 unspecified atom stereocenters. The molecule has 1 aromatic carbocycles. The number of carbonyl (C=O) groups excluding carboxylic acids is 2. The van der Waals surface area contributed by atoms with E-state index in [0.717, 1.165) is 4.90 Å². The first kappa shape index (κ1) is 12.2. The van der Waals surface area contributed by atoms with Gasteiger partial charge in [0, 0.05) is 6.07 Å². The minimum atomic E-state index is -0.590. The topological polar surface area (TPSA) is 89.8 Å². The van der Waals surface area contributed by atoms with Crippen molar-refractivity contribution in [2.24, 2.45) is 11.8 Å². The average Bonchev–Trinajstić information content (AvgIpc) is 3.13. The van der Waals surface area contributed by atoms with Gasteiger partial charge in [-0.3, -0.25) is 19.7 Å². The molecule has 4 rings (SSSR count). The Balaban J connectivity index is 1.80. The Morgan fingerprint density at radius 3 is 2.19 bits per heavy atom. The Bertz CT molecular complexity index is 683. The molecule has 106 valence electrons. The highest BCUT2D eigenvalue weighted by Gasteiger charge is 2.61. The van der Waals surface area contributed by atoms with Gasteiger partial charge in [-0.25, -0.2) is 4.90 Å². The van der Waals surface area contributed by atoms with Crippen molar-refractivity contribution in [3.05, 3.63) is 46.5 Å². The third-order valence-corrected chi connectivity index (χ3v) is 4.23. The van der Waals surface area contributed by atoms with Gasteiger partial charge >= 0.3 is 0 Å². The van der Waals surface area contributed by atoms with Gasteiger partial charge < -0.3 is 4.74 Å². The number of imide groups is 1. The molecule has 21 heavy (non-hydrogen) atoms. The molecule has 0 aromatic heterocycles. The van der Waals surface area contributed by atoms with E-state index in [-0.39, 0.29) is 11.4 Å². The standard InChI is InChI=1S/C14H10N2O5/c17-13-11-9-5-6-10(21-9)12(11)14(18)15(13)7-3-1-2-4-8(7)16(19)20/h1-6,9-12H/t9-,10-,11-,12-/m1/s1. The van der Waals surface area contributed by atoms with Crippen molar-refractivity contribution in [2.75, 3.05) is 4.90 Å². The van der Waals surface area contributed by atoms with Crippen LogP contribution < -0.4 is 4.90 Å². The lowest BCUT2D eigenvalue weighted by molar-refractivity contribution is -0.384. The SMILES string of the molecule is O=C1[C@H]2[C@H](C(=O)N1c1ccccc1[N+](=O)[O-])[C@H]1C=C[C@H]2O1. The number of amides is 2. The summed E-state index contributed by atoms with van der Waals surface area (Å²) in [6.45, 7) is 0. The fourth-order valence-corrected chi connectivity index (χ4v) is 3.35. The summed E-state index contributed by atoms with van der Waals surface area (Å²) in [6.07, 6.45) is 2.76. The molecule has 2 bridgehead atoms. The molecule has 0 radical (unpaired) electrons. The molecule has 7 heteroatoms. The quantitative estimate of drug-likeness (QED) is 0.350. The summed E-state index contributed by atoms with van der Waals surface area (Å²) in [5, 5.41) is 11.1. The van der Waals surface area contributed by atoms with Crippen LogP contribution in [0.5, 0.6) is 0 Å². The van der Waals surface area contributed by atoms with Crippen LogP contribution >= 0.6 is 0 Å². The van der Waals surface area contributed by atoms with E-state index in [2.05, 4.69) is 0 Å². The second kappa shape index (κ2) is 3.98. The number of hydrogen-bond acceptors (Lipinski definition) is 5. The maximum absolute atomic E-state index is 12.5. The van der Waals surface area contributed by atoms with Gasteiger partial charge in [-0.2, -0.15) is 0 Å². The van der Waals surface area contributed by atoms with Crippen LogP contribution in [0.4, 0.5) is 11.4 Å². The molecule has 2 amide bonds. The Hall–Kier alpha value is -2.54. The Morgan fingerprint density at radius 2 is 1.62 bits per heavy atom. The van der Waals surface area contributed by atoms with E-state index in [1.54, 1.807) is 18.2 Å². The van der Waals surface area contributed by atoms with Crippen LogP contribution in [0, 0.1) is 22.0 Å². The Kier molecular flexibility index (Phi) is 2.32. The van der Waals surface area contributed by atoms with Crippen molar-refractivity contribution in [3.8, 4) is 0 Å². The average molecular weight is 286 g/mol. The van der Waals surface area contributed by atoms with E-state index in [1.807, 2.05) is 0 Å². The third-order valence-electron chi connectivity index (χ3n) is 4.23. The number of para-hydroxylation sites is 2. The van der Waals surface area contributed by atoms with E-state index in [1.165, 1.54) is 18.2 Å². The number of benzene rings is 1. The third kappa shape index (κ3) is 1.46. The Labute approximate surface area is 118 Å². The second-order valence-electron chi connectivity index (χ2n) is 5.26. The highest BCUT2D eigenvalue weighted by atomic mass is 16.6. The van der Waals surface area contributed by atoms with Crippen LogP contribution in [-0.2, 0) is 14.3 Å². The zero-order valence-electron chi connectivity index (χ0n) is 10.7. The lowest BCUT2D eigenvalue weighted by Crippen LogP contribution is -2.34. The van der Waals surface area contributed by atoms with E-state index < -0.39 is 40.8 Å². The number of carbonyl (C=O) groups is 2. The van der Waals surface area contributed by atoms with Crippen LogP contribution in [0.25, 0.3) is 0 Å². The van der Waals surface area contributed by atoms with Crippen LogP contribution in [0.2, 0.25) is 0 Å². The molecular formula is C14H10N2O5. The van der Waals surface area contributed by atoms with Gasteiger partial charge in [-0.05, 0) is 6.07 Å². The first-order valence-corrected chi connectivity index (χ1v) is 6.54. The molecule has 3 aliphatic heterocycles. The fourth-order valence-electron chi connectivity index (χ4n) is 3.35. The van der Waals surface area contributed by atoms with E-state index in [4.69, 9.17) is 4.74 Å². The molecule has 0 aliphatic carbocycles. The molecule has 7 nitrogen and oxygen atoms in total. The minimum Gasteiger partial charge on any atom is -0.365 e. The first-order chi connectivity index (χ1) is 10.1. The summed E-state index contributed by atoms with van der Waals surface area (Å²) in [6, 6.07) is 5.78. The highest BCUT2D eigenvalue weighted by molar-refractivity contribution is 6.23. The number of rotatable bonds is 2. The van der Waals surface area contributed by atoms with Crippen molar-refractivity contribution in [2.45, 2.75) is 12.2 Å². The molecule has 0 N–H and O–H groups in total. The van der Waals surface area contributed by atoms with Gasteiger partial charge in [-0.1, -0.05) is 24.3 Å². The lowest BCUT2D eigenvalue weighted by Gasteiger charge is -2.17. The molecule has 3 aliphatic rings. The zero-order valence-corrected chi connectivity index (χ0v) is 10.7. The molecule has 0 spiro atoms. The van der Waals surface area contributed by atoms with E-state index >= 15 is 0 Å². The number of nitro benzene ring substituents is 1. The van der Waals surface area contributed by atoms with Crippen molar-refractivity contribution >= 4 is 23.2 Å². The summed E-state index contributed by atoms with van der Waals surface area (Å²) >= 11 is 0. The van der Waals surface area contributed by atoms with E-state index in [9.17, 15) is 19.7 Å². The monoisotopic (exact) mass is 286 g/mol. The minimum absolute atomic E-state index is 0.0336. The molecule has 0 saturated carbocycles. The molecule has 1 aromatic rings. The smallest absolute Gasteiger partial charge is 0.293 e. The van der Waals surface area contributed by atoms with E-state index in [0.29, 0.717) is 0 Å². The maximum Gasteiger partial charge on any atom is 0.293 e. The summed E-state index contributed by atoms with van der Waals surface area (Å²) in [7, 11) is 0. The molecule has 2 fully saturated rings. The van der Waals surface area contributed by atoms with Crippen molar-refractivity contribution in [1.29, 1.82) is 0 Å². The summed E-state index contributed by atoms with van der Waals surface area (Å²) in [5.74, 6) is -1.97. The van der Waals surface area contributed by atoms with Gasteiger partial charge in [0.2, 0.25) is 11.8 Å².